The highest BCUT2D eigenvalue weighted by Crippen LogP contribution is 2.39. The number of hydrogen-bond donors (Lipinski definition) is 0. The minimum Gasteiger partial charge on any atom is -0.462 e. The van der Waals surface area contributed by atoms with Gasteiger partial charge in [-0.25, -0.2) is 9.59 Å². The first-order valence-corrected chi connectivity index (χ1v) is 11.5. The third-order valence-corrected chi connectivity index (χ3v) is 6.81. The van der Waals surface area contributed by atoms with Crippen molar-refractivity contribution in [2.75, 3.05) is 13.2 Å². The van der Waals surface area contributed by atoms with Crippen molar-refractivity contribution >= 4 is 11.9 Å². The lowest BCUT2D eigenvalue weighted by molar-refractivity contribution is -0.140. The van der Waals surface area contributed by atoms with Crippen molar-refractivity contribution < 1.29 is 19.1 Å². The predicted octanol–water partition coefficient (Wildman–Crippen LogP) is 6.01. The molecule has 2 fully saturated rings. The molecule has 0 heterocycles. The van der Waals surface area contributed by atoms with Gasteiger partial charge in [0.15, 0.2) is 0 Å². The summed E-state index contributed by atoms with van der Waals surface area (Å²) in [5.41, 5.74) is 0.965. The second-order valence-corrected chi connectivity index (χ2v) is 9.42. The van der Waals surface area contributed by atoms with Gasteiger partial charge in [-0.05, 0) is 56.8 Å². The molecule has 0 aromatic rings. The summed E-state index contributed by atoms with van der Waals surface area (Å²) in [6, 6.07) is 0. The van der Waals surface area contributed by atoms with Crippen molar-refractivity contribution in [2.45, 2.75) is 84.5 Å². The molecule has 2 aliphatic rings. The minimum absolute atomic E-state index is 0.261. The number of ether oxygens (including phenoxy) is 2. The summed E-state index contributed by atoms with van der Waals surface area (Å²) in [5.74, 6) is 2.65. The molecule has 0 aromatic heterocycles. The normalized spacial score (nSPS) is 27.1. The van der Waals surface area contributed by atoms with Gasteiger partial charge >= 0.3 is 11.9 Å². The molecule has 2 rings (SSSR count). The molecular weight excluding hydrogens is 364 g/mol. The maximum absolute atomic E-state index is 11.4. The Labute approximate surface area is 177 Å². The maximum atomic E-state index is 11.4. The highest BCUT2D eigenvalue weighted by Gasteiger charge is 2.27. The van der Waals surface area contributed by atoms with E-state index in [9.17, 15) is 9.59 Å². The number of esters is 2. The fourth-order valence-corrected chi connectivity index (χ4v) is 4.87. The van der Waals surface area contributed by atoms with Gasteiger partial charge in [0.05, 0.1) is 13.2 Å². The van der Waals surface area contributed by atoms with Crippen molar-refractivity contribution in [2.24, 2.45) is 23.7 Å². The molecule has 0 radical (unpaired) electrons. The van der Waals surface area contributed by atoms with E-state index in [0.717, 1.165) is 24.7 Å². The van der Waals surface area contributed by atoms with E-state index < -0.39 is 0 Å². The number of carbonyl (C=O) groups excluding carboxylic acids is 2. The van der Waals surface area contributed by atoms with Gasteiger partial charge in [0.1, 0.15) is 0 Å². The van der Waals surface area contributed by atoms with Crippen LogP contribution in [-0.2, 0) is 19.1 Å². The third-order valence-electron chi connectivity index (χ3n) is 6.81. The van der Waals surface area contributed by atoms with Gasteiger partial charge in [-0.15, -0.1) is 0 Å². The lowest BCUT2D eigenvalue weighted by atomic mass is 9.72. The van der Waals surface area contributed by atoms with Gasteiger partial charge in [-0.2, -0.15) is 0 Å². The molecule has 0 saturated heterocycles. The van der Waals surface area contributed by atoms with Crippen molar-refractivity contribution in [1.82, 2.24) is 0 Å². The lowest BCUT2D eigenvalue weighted by Crippen LogP contribution is -2.22. The van der Waals surface area contributed by atoms with Crippen LogP contribution in [0.5, 0.6) is 0 Å². The SMILES string of the molecule is C=C(C)C(=O)OCCC1CCC(CC2CCC(CCOC(=O)C(=C)C)CC2)CC1. The molecule has 0 aliphatic heterocycles. The minimum atomic E-state index is -0.261. The highest BCUT2D eigenvalue weighted by molar-refractivity contribution is 5.87. The number of hydrogen-bond acceptors (Lipinski definition) is 4. The Kier molecular flexibility index (Phi) is 9.96. The van der Waals surface area contributed by atoms with Crippen LogP contribution in [0.4, 0.5) is 0 Å². The van der Waals surface area contributed by atoms with E-state index in [1.165, 1.54) is 57.8 Å². The average Bonchev–Trinajstić information content (AvgIpc) is 2.70. The first kappa shape index (κ1) is 23.7. The summed E-state index contributed by atoms with van der Waals surface area (Å²) in [5, 5.41) is 0. The number of rotatable bonds is 10. The van der Waals surface area contributed by atoms with E-state index in [1.54, 1.807) is 13.8 Å². The van der Waals surface area contributed by atoms with E-state index in [4.69, 9.17) is 9.47 Å². The zero-order chi connectivity index (χ0) is 21.2. The standard InChI is InChI=1S/C25H40O4/c1-18(2)24(26)28-15-13-20-5-9-22(10-6-20)17-23-11-7-21(8-12-23)14-16-29-25(27)19(3)4/h20-23H,1,3,5-17H2,2,4H3. The van der Waals surface area contributed by atoms with Crippen molar-refractivity contribution in [3.8, 4) is 0 Å². The lowest BCUT2D eigenvalue weighted by Gasteiger charge is -2.34. The second kappa shape index (κ2) is 12.2. The van der Waals surface area contributed by atoms with E-state index >= 15 is 0 Å². The Morgan fingerprint density at radius 3 is 1.28 bits per heavy atom. The summed E-state index contributed by atoms with van der Waals surface area (Å²) >= 11 is 0. The predicted molar refractivity (Wildman–Crippen MR) is 116 cm³/mol. The summed E-state index contributed by atoms with van der Waals surface area (Å²) in [6.45, 7) is 11.7. The summed E-state index contributed by atoms with van der Waals surface area (Å²) in [4.78, 5) is 22.9. The van der Waals surface area contributed by atoms with E-state index in [-0.39, 0.29) is 11.9 Å². The summed E-state index contributed by atoms with van der Waals surface area (Å²) < 4.78 is 10.5. The molecule has 164 valence electrons. The Morgan fingerprint density at radius 2 is 0.966 bits per heavy atom. The number of carbonyl (C=O) groups is 2. The van der Waals surface area contributed by atoms with Gasteiger partial charge in [-0.1, -0.05) is 64.5 Å². The van der Waals surface area contributed by atoms with Crippen LogP contribution in [-0.4, -0.2) is 25.2 Å². The first-order chi connectivity index (χ1) is 13.8. The molecule has 0 atom stereocenters. The molecule has 0 spiro atoms. The summed E-state index contributed by atoms with van der Waals surface area (Å²) in [6.07, 6.45) is 13.8. The molecule has 0 bridgehead atoms. The molecule has 29 heavy (non-hydrogen) atoms. The van der Waals surface area contributed by atoms with Crippen molar-refractivity contribution in [1.29, 1.82) is 0 Å². The van der Waals surface area contributed by atoms with Crippen LogP contribution in [0, 0.1) is 23.7 Å². The monoisotopic (exact) mass is 404 g/mol. The molecular formula is C25H40O4. The van der Waals surface area contributed by atoms with Crippen LogP contribution in [0.15, 0.2) is 24.3 Å². The van der Waals surface area contributed by atoms with Crippen LogP contribution >= 0.6 is 0 Å². The van der Waals surface area contributed by atoms with Crippen LogP contribution < -0.4 is 0 Å². The highest BCUT2D eigenvalue weighted by atomic mass is 16.5. The topological polar surface area (TPSA) is 52.6 Å². The Bertz CT molecular complexity index is 513. The van der Waals surface area contributed by atoms with Crippen LogP contribution in [0.1, 0.15) is 84.5 Å². The molecule has 4 heteroatoms. The van der Waals surface area contributed by atoms with Crippen LogP contribution in [0.25, 0.3) is 0 Å². The van der Waals surface area contributed by atoms with Gasteiger partial charge in [0, 0.05) is 11.1 Å². The molecule has 2 saturated carbocycles. The molecule has 0 N–H and O–H groups in total. The maximum Gasteiger partial charge on any atom is 0.333 e. The zero-order valence-electron chi connectivity index (χ0n) is 18.5. The van der Waals surface area contributed by atoms with Crippen LogP contribution in [0.3, 0.4) is 0 Å². The quantitative estimate of drug-likeness (QED) is 0.330. The fourth-order valence-electron chi connectivity index (χ4n) is 4.87. The van der Waals surface area contributed by atoms with Crippen molar-refractivity contribution in [3.63, 3.8) is 0 Å². The van der Waals surface area contributed by atoms with E-state index in [1.807, 2.05) is 0 Å². The van der Waals surface area contributed by atoms with Crippen LogP contribution in [0.2, 0.25) is 0 Å². The largest absolute Gasteiger partial charge is 0.462 e. The second-order valence-electron chi connectivity index (χ2n) is 9.42. The molecule has 2 aliphatic carbocycles. The molecule has 0 aromatic carbocycles. The Balaban J connectivity index is 1.54. The average molecular weight is 405 g/mol. The molecule has 0 amide bonds. The van der Waals surface area contributed by atoms with Crippen molar-refractivity contribution in [3.05, 3.63) is 24.3 Å². The summed E-state index contributed by atoms with van der Waals surface area (Å²) in [7, 11) is 0. The first-order valence-electron chi connectivity index (χ1n) is 11.5. The Hall–Kier alpha value is -1.58. The van der Waals surface area contributed by atoms with E-state index in [2.05, 4.69) is 13.2 Å². The Morgan fingerprint density at radius 1 is 0.655 bits per heavy atom. The van der Waals surface area contributed by atoms with Gasteiger partial charge in [-0.3, -0.25) is 0 Å². The van der Waals surface area contributed by atoms with Gasteiger partial charge in [0.25, 0.3) is 0 Å². The smallest absolute Gasteiger partial charge is 0.333 e. The third kappa shape index (κ3) is 8.76. The van der Waals surface area contributed by atoms with Gasteiger partial charge in [0.2, 0.25) is 0 Å². The molecule has 0 unspecified atom stereocenters. The molecule has 4 nitrogen and oxygen atoms in total. The van der Waals surface area contributed by atoms with E-state index in [0.29, 0.717) is 36.2 Å². The fraction of sp³-hybridized carbons (Fsp3) is 0.760. The zero-order valence-corrected chi connectivity index (χ0v) is 18.5. The van der Waals surface area contributed by atoms with Gasteiger partial charge < -0.3 is 9.47 Å².